The SMILES string of the molecule is c1ccc2c(c1)CCC2N1CC2CC2C1. The predicted octanol–water partition coefficient (Wildman–Crippen LogP) is 2.63. The summed E-state index contributed by atoms with van der Waals surface area (Å²) in [5.41, 5.74) is 3.22. The van der Waals surface area contributed by atoms with Gasteiger partial charge in [-0.25, -0.2) is 0 Å². The normalized spacial score (nSPS) is 37.7. The van der Waals surface area contributed by atoms with Gasteiger partial charge in [0.15, 0.2) is 0 Å². The van der Waals surface area contributed by atoms with Crippen molar-refractivity contribution in [3.05, 3.63) is 35.4 Å². The van der Waals surface area contributed by atoms with Gasteiger partial charge in [-0.15, -0.1) is 0 Å². The minimum absolute atomic E-state index is 0.758. The second kappa shape index (κ2) is 2.85. The second-order valence-electron chi connectivity index (χ2n) is 5.46. The van der Waals surface area contributed by atoms with Crippen LogP contribution in [-0.4, -0.2) is 18.0 Å². The van der Waals surface area contributed by atoms with Crippen molar-refractivity contribution in [2.45, 2.75) is 25.3 Å². The van der Waals surface area contributed by atoms with Gasteiger partial charge in [0.25, 0.3) is 0 Å². The van der Waals surface area contributed by atoms with Gasteiger partial charge in [0.2, 0.25) is 0 Å². The average molecular weight is 199 g/mol. The topological polar surface area (TPSA) is 3.24 Å². The number of piperidine rings is 1. The number of fused-ring (bicyclic) bond motifs is 2. The molecule has 15 heavy (non-hydrogen) atoms. The van der Waals surface area contributed by atoms with Gasteiger partial charge in [0.05, 0.1) is 0 Å². The lowest BCUT2D eigenvalue weighted by molar-refractivity contribution is 0.220. The summed E-state index contributed by atoms with van der Waals surface area (Å²) in [6.07, 6.45) is 4.18. The van der Waals surface area contributed by atoms with Crippen LogP contribution in [0.5, 0.6) is 0 Å². The first kappa shape index (κ1) is 8.35. The van der Waals surface area contributed by atoms with Gasteiger partial charge < -0.3 is 0 Å². The summed E-state index contributed by atoms with van der Waals surface area (Å²) >= 11 is 0. The highest BCUT2D eigenvalue weighted by atomic mass is 15.2. The van der Waals surface area contributed by atoms with Gasteiger partial charge in [0.1, 0.15) is 0 Å². The van der Waals surface area contributed by atoms with Crippen LogP contribution in [0.3, 0.4) is 0 Å². The van der Waals surface area contributed by atoms with Crippen molar-refractivity contribution < 1.29 is 0 Å². The summed E-state index contributed by atoms with van der Waals surface area (Å²) < 4.78 is 0. The maximum absolute atomic E-state index is 2.74. The molecule has 0 radical (unpaired) electrons. The molecule has 0 amide bonds. The van der Waals surface area contributed by atoms with Gasteiger partial charge in [-0.2, -0.15) is 0 Å². The Hall–Kier alpha value is -0.820. The second-order valence-corrected chi connectivity index (χ2v) is 5.46. The molecule has 0 spiro atoms. The molecule has 3 unspecified atom stereocenters. The summed E-state index contributed by atoms with van der Waals surface area (Å²) in [6.45, 7) is 2.76. The van der Waals surface area contributed by atoms with Crippen LogP contribution in [0.4, 0.5) is 0 Å². The van der Waals surface area contributed by atoms with Crippen LogP contribution in [0.1, 0.15) is 30.0 Å². The standard InChI is InChI=1S/C14H17N/c1-2-4-13-10(3-1)5-6-14(13)15-8-11-7-12(11)9-15/h1-4,11-12,14H,5-9H2. The van der Waals surface area contributed by atoms with E-state index in [1.165, 1.54) is 32.4 Å². The van der Waals surface area contributed by atoms with Crippen molar-refractivity contribution in [1.82, 2.24) is 4.90 Å². The van der Waals surface area contributed by atoms with Gasteiger partial charge in [-0.1, -0.05) is 24.3 Å². The van der Waals surface area contributed by atoms with Gasteiger partial charge in [-0.05, 0) is 42.2 Å². The summed E-state index contributed by atoms with van der Waals surface area (Å²) in [6, 6.07) is 9.80. The van der Waals surface area contributed by atoms with E-state index < -0.39 is 0 Å². The number of rotatable bonds is 1. The molecule has 1 saturated carbocycles. The first-order valence-electron chi connectivity index (χ1n) is 6.23. The molecule has 0 N–H and O–H groups in total. The highest BCUT2D eigenvalue weighted by Crippen LogP contribution is 2.49. The van der Waals surface area contributed by atoms with Crippen molar-refractivity contribution in [2.24, 2.45) is 11.8 Å². The Balaban J connectivity index is 1.63. The Morgan fingerprint density at radius 3 is 2.73 bits per heavy atom. The fourth-order valence-electron chi connectivity index (χ4n) is 3.60. The predicted molar refractivity (Wildman–Crippen MR) is 60.7 cm³/mol. The quantitative estimate of drug-likeness (QED) is 0.672. The van der Waals surface area contributed by atoms with E-state index in [0.29, 0.717) is 0 Å². The lowest BCUT2D eigenvalue weighted by Gasteiger charge is -2.26. The first-order chi connectivity index (χ1) is 7.42. The number of hydrogen-bond acceptors (Lipinski definition) is 1. The van der Waals surface area contributed by atoms with E-state index in [-0.39, 0.29) is 0 Å². The molecule has 1 aromatic rings. The van der Waals surface area contributed by atoms with E-state index in [1.807, 2.05) is 0 Å². The van der Waals surface area contributed by atoms with Crippen molar-refractivity contribution in [1.29, 1.82) is 0 Å². The van der Waals surface area contributed by atoms with Crippen molar-refractivity contribution in [3.63, 3.8) is 0 Å². The van der Waals surface area contributed by atoms with Crippen molar-refractivity contribution in [2.75, 3.05) is 13.1 Å². The van der Waals surface area contributed by atoms with Crippen LogP contribution in [0.15, 0.2) is 24.3 Å². The Bertz CT molecular complexity index is 388. The monoisotopic (exact) mass is 199 g/mol. The fourth-order valence-corrected chi connectivity index (χ4v) is 3.60. The molecule has 1 saturated heterocycles. The highest BCUT2D eigenvalue weighted by Gasteiger charge is 2.47. The summed E-state index contributed by atoms with van der Waals surface area (Å²) in [5.74, 6) is 2.13. The Kier molecular flexibility index (Phi) is 1.59. The molecule has 78 valence electrons. The molecule has 1 heterocycles. The van der Waals surface area contributed by atoms with Gasteiger partial charge >= 0.3 is 0 Å². The third-order valence-electron chi connectivity index (χ3n) is 4.55. The van der Waals surface area contributed by atoms with Crippen LogP contribution in [0.2, 0.25) is 0 Å². The van der Waals surface area contributed by atoms with E-state index in [2.05, 4.69) is 29.2 Å². The van der Waals surface area contributed by atoms with Crippen LogP contribution in [0.25, 0.3) is 0 Å². The van der Waals surface area contributed by atoms with Crippen LogP contribution in [-0.2, 0) is 6.42 Å². The highest BCUT2D eigenvalue weighted by molar-refractivity contribution is 5.34. The zero-order valence-corrected chi connectivity index (χ0v) is 9.02. The van der Waals surface area contributed by atoms with E-state index in [4.69, 9.17) is 0 Å². The number of nitrogens with zero attached hydrogens (tertiary/aromatic N) is 1. The lowest BCUT2D eigenvalue weighted by Crippen LogP contribution is -2.26. The Morgan fingerprint density at radius 2 is 1.87 bits per heavy atom. The Morgan fingerprint density at radius 1 is 1.07 bits per heavy atom. The molecular formula is C14H17N. The largest absolute Gasteiger partial charge is 0.296 e. The lowest BCUT2D eigenvalue weighted by atomic mass is 10.1. The molecule has 3 atom stereocenters. The molecule has 3 aliphatic rings. The summed E-state index contributed by atoms with van der Waals surface area (Å²) in [7, 11) is 0. The van der Waals surface area contributed by atoms with Crippen molar-refractivity contribution >= 4 is 0 Å². The van der Waals surface area contributed by atoms with Crippen molar-refractivity contribution in [3.8, 4) is 0 Å². The molecule has 1 aliphatic heterocycles. The number of aryl methyl sites for hydroxylation is 1. The van der Waals surface area contributed by atoms with E-state index in [0.717, 1.165) is 17.9 Å². The van der Waals surface area contributed by atoms with Crippen LogP contribution >= 0.6 is 0 Å². The maximum Gasteiger partial charge on any atom is 0.0354 e. The van der Waals surface area contributed by atoms with E-state index in [1.54, 1.807) is 11.1 Å². The maximum atomic E-state index is 2.74. The van der Waals surface area contributed by atoms with E-state index >= 15 is 0 Å². The fraction of sp³-hybridized carbons (Fsp3) is 0.571. The molecule has 1 nitrogen and oxygen atoms in total. The molecule has 4 rings (SSSR count). The average Bonchev–Trinajstić information content (AvgIpc) is 2.76. The molecular weight excluding hydrogens is 182 g/mol. The number of likely N-dealkylation sites (tertiary alicyclic amines) is 1. The van der Waals surface area contributed by atoms with Crippen LogP contribution in [0, 0.1) is 11.8 Å². The smallest absolute Gasteiger partial charge is 0.0354 e. The molecule has 0 aromatic heterocycles. The molecule has 2 aliphatic carbocycles. The van der Waals surface area contributed by atoms with Gasteiger partial charge in [0, 0.05) is 19.1 Å². The Labute approximate surface area is 91.1 Å². The first-order valence-corrected chi connectivity index (χ1v) is 6.23. The molecule has 1 heteroatoms. The van der Waals surface area contributed by atoms with Gasteiger partial charge in [-0.3, -0.25) is 4.90 Å². The van der Waals surface area contributed by atoms with Crippen LogP contribution < -0.4 is 0 Å². The third-order valence-corrected chi connectivity index (χ3v) is 4.55. The summed E-state index contributed by atoms with van der Waals surface area (Å²) in [5, 5.41) is 0. The minimum atomic E-state index is 0.758. The summed E-state index contributed by atoms with van der Waals surface area (Å²) in [4.78, 5) is 2.74. The number of hydrogen-bond donors (Lipinski definition) is 0. The zero-order chi connectivity index (χ0) is 9.83. The molecule has 1 aromatic carbocycles. The number of benzene rings is 1. The van der Waals surface area contributed by atoms with E-state index in [9.17, 15) is 0 Å². The molecule has 2 fully saturated rings. The third kappa shape index (κ3) is 1.19. The molecule has 0 bridgehead atoms. The minimum Gasteiger partial charge on any atom is -0.296 e. The zero-order valence-electron chi connectivity index (χ0n) is 9.02.